The van der Waals surface area contributed by atoms with Crippen molar-refractivity contribution in [2.24, 2.45) is 4.99 Å². The Hall–Kier alpha value is -3.59. The predicted octanol–water partition coefficient (Wildman–Crippen LogP) is 1.26. The lowest BCUT2D eigenvalue weighted by atomic mass is 9.77. The molecule has 0 bridgehead atoms. The molecule has 0 spiro atoms. The molecule has 0 aliphatic carbocycles. The first kappa shape index (κ1) is 34.4. The van der Waals surface area contributed by atoms with E-state index in [0.29, 0.717) is 29.9 Å². The molecule has 0 unspecified atom stereocenters. The van der Waals surface area contributed by atoms with Gasteiger partial charge in [-0.05, 0) is 38.5 Å². The van der Waals surface area contributed by atoms with E-state index < -0.39 is 26.6 Å². The lowest BCUT2D eigenvalue weighted by Gasteiger charge is -2.23. The van der Waals surface area contributed by atoms with Crippen LogP contribution in [0.25, 0.3) is 0 Å². The molecular weight excluding hydrogens is 542 g/mol. The van der Waals surface area contributed by atoms with Crippen LogP contribution in [0, 0.1) is 0 Å². The zero-order valence-corrected chi connectivity index (χ0v) is 23.4. The maximum absolute atomic E-state index is 13.0. The Balaban J connectivity index is 0.00000150. The molecule has 210 valence electrons. The van der Waals surface area contributed by atoms with Crippen molar-refractivity contribution in [3.05, 3.63) is 28.8 Å². The first-order valence-electron chi connectivity index (χ1n) is 11.5. The molecule has 38 heavy (non-hydrogen) atoms. The Morgan fingerprint density at radius 1 is 0.763 bits per heavy atom. The molecule has 1 aliphatic heterocycles. The second kappa shape index (κ2) is 16.3. The van der Waals surface area contributed by atoms with Crippen molar-refractivity contribution >= 4 is 56.0 Å². The van der Waals surface area contributed by atoms with Crippen LogP contribution in [0.4, 0.5) is 5.69 Å². The minimum atomic E-state index is -3.11. The molecule has 0 fully saturated rings. The highest BCUT2D eigenvalue weighted by Crippen LogP contribution is 2.43. The molecule has 0 saturated heterocycles. The summed E-state index contributed by atoms with van der Waals surface area (Å²) in [6.45, 7) is 10.6. The van der Waals surface area contributed by atoms with Gasteiger partial charge < -0.3 is 10.6 Å². The van der Waals surface area contributed by atoms with Crippen molar-refractivity contribution in [3.63, 3.8) is 0 Å². The Morgan fingerprint density at radius 2 is 1.18 bits per heavy atom. The molecule has 1 aromatic rings. The number of nitrogens with zero attached hydrogens (tertiary/aromatic N) is 1. The lowest BCUT2D eigenvalue weighted by molar-refractivity contribution is -0.121. The van der Waals surface area contributed by atoms with Crippen LogP contribution >= 0.6 is 0 Å². The highest BCUT2D eigenvalue weighted by molar-refractivity contribution is 7.59. The molecule has 2 amide bonds. The van der Waals surface area contributed by atoms with Gasteiger partial charge in [-0.1, -0.05) is 13.8 Å². The van der Waals surface area contributed by atoms with Crippen molar-refractivity contribution in [1.29, 1.82) is 0 Å². The third kappa shape index (κ3) is 11.6. The second-order valence-corrected chi connectivity index (χ2v) is 9.22. The number of aliphatic imine (C=N–C) groups is 1. The van der Waals surface area contributed by atoms with E-state index >= 15 is 0 Å². The van der Waals surface area contributed by atoms with Gasteiger partial charge in [-0.15, -0.1) is 25.3 Å². The van der Waals surface area contributed by atoms with Gasteiger partial charge in [-0.25, -0.2) is 0 Å². The largest absolute Gasteiger partial charge is 0.425 e. The molecule has 0 aromatic heterocycles. The normalized spacial score (nSPS) is 12.3. The van der Waals surface area contributed by atoms with E-state index in [-0.39, 0.29) is 49.1 Å². The minimum absolute atomic E-state index is 0.0588. The molecule has 0 atom stereocenters. The van der Waals surface area contributed by atoms with Gasteiger partial charge in [0.2, 0.25) is 11.8 Å². The summed E-state index contributed by atoms with van der Waals surface area (Å²) < 4.78 is 50.7. The van der Waals surface area contributed by atoms with Gasteiger partial charge in [0.05, 0.1) is 5.69 Å². The smallest absolute Gasteiger partial charge is 0.356 e. The Kier molecular flexibility index (Phi) is 14.8. The summed E-state index contributed by atoms with van der Waals surface area (Å²) in [6, 6.07) is 3.31. The number of fused-ring (bicyclic) bond motifs is 1. The lowest BCUT2D eigenvalue weighted by Crippen LogP contribution is -2.27. The number of benzene rings is 1. The van der Waals surface area contributed by atoms with Gasteiger partial charge in [-0.2, -0.15) is 0 Å². The van der Waals surface area contributed by atoms with Gasteiger partial charge in [0.15, 0.2) is 11.6 Å². The first-order chi connectivity index (χ1) is 17.6. The molecule has 13 nitrogen and oxygen atoms in total. The maximum atomic E-state index is 13.0. The number of carbonyl (C=O) groups excluding carboxylic acids is 4. The van der Waals surface area contributed by atoms with Crippen molar-refractivity contribution < 1.29 is 44.4 Å². The average molecular weight is 574 g/mol. The molecule has 2 N–H and O–H groups in total. The molecule has 1 aromatic carbocycles. The summed E-state index contributed by atoms with van der Waals surface area (Å²) in [5.74, 6) is -0.753. The number of carbonyl (C=O) groups is 4. The van der Waals surface area contributed by atoms with Crippen molar-refractivity contribution in [3.8, 4) is 0 Å². The van der Waals surface area contributed by atoms with Crippen LogP contribution in [0.3, 0.4) is 0 Å². The maximum Gasteiger partial charge on any atom is 0.425 e. The van der Waals surface area contributed by atoms with Crippen LogP contribution in [0.15, 0.2) is 17.1 Å². The van der Waals surface area contributed by atoms with Crippen LogP contribution in [-0.2, 0) is 36.2 Å². The number of nitrogens with one attached hydrogen (secondary N) is 2. The molecule has 0 saturated carbocycles. The summed E-state index contributed by atoms with van der Waals surface area (Å²) in [5.41, 5.74) is 2.64. The quantitative estimate of drug-likeness (QED) is 0.383. The number of hydrogen-bond donors (Lipinski definition) is 2. The van der Waals surface area contributed by atoms with Crippen LogP contribution < -0.4 is 10.6 Å². The molecular formula is C23H31N3O10S2. The molecule has 2 rings (SSSR count). The zero-order valence-electron chi connectivity index (χ0n) is 21.7. The average Bonchev–Trinajstić information content (AvgIpc) is 3.03. The third-order valence-electron chi connectivity index (χ3n) is 5.46. The van der Waals surface area contributed by atoms with E-state index in [1.54, 1.807) is 12.1 Å². The summed E-state index contributed by atoms with van der Waals surface area (Å²) in [5, 5.41) is 5.36. The Bertz CT molecular complexity index is 1270. The third-order valence-corrected chi connectivity index (χ3v) is 5.46. The monoisotopic (exact) mass is 573 g/mol. The van der Waals surface area contributed by atoms with Crippen LogP contribution in [0.5, 0.6) is 0 Å². The van der Waals surface area contributed by atoms with Gasteiger partial charge in [0.25, 0.3) is 0 Å². The van der Waals surface area contributed by atoms with Crippen LogP contribution in [0.2, 0.25) is 0 Å². The summed E-state index contributed by atoms with van der Waals surface area (Å²) in [6.07, 6.45) is 0.308. The van der Waals surface area contributed by atoms with Crippen molar-refractivity contribution in [2.45, 2.75) is 65.7 Å². The van der Waals surface area contributed by atoms with E-state index in [4.69, 9.17) is 25.3 Å². The number of rotatable bonds is 10. The highest BCUT2D eigenvalue weighted by Gasteiger charge is 2.37. The van der Waals surface area contributed by atoms with E-state index in [2.05, 4.69) is 15.6 Å². The van der Waals surface area contributed by atoms with Gasteiger partial charge in [0, 0.05) is 61.0 Å². The fourth-order valence-electron chi connectivity index (χ4n) is 3.56. The number of hydrogen-bond acceptors (Lipinski definition) is 11. The fourth-order valence-corrected chi connectivity index (χ4v) is 3.56. The van der Waals surface area contributed by atoms with E-state index in [9.17, 15) is 19.2 Å². The Morgan fingerprint density at radius 3 is 1.61 bits per heavy atom. The van der Waals surface area contributed by atoms with Crippen LogP contribution in [0.1, 0.15) is 86.6 Å². The van der Waals surface area contributed by atoms with Gasteiger partial charge in [0.1, 0.15) is 0 Å². The molecule has 1 heterocycles. The summed E-state index contributed by atoms with van der Waals surface area (Å²) in [4.78, 5) is 53.8. The minimum Gasteiger partial charge on any atom is -0.356 e. The number of Topliss-reactive ketones (excluding diaryl/α,β-unsaturated/α-hetero) is 2. The predicted molar refractivity (Wildman–Crippen MR) is 136 cm³/mol. The first-order valence-corrected chi connectivity index (χ1v) is 13.5. The standard InChI is InChI=1S/C23H31N3O4.2O3S/c1-6-24-20(29)10-8-18(27)15-12-16(19(28)9-11-21(30)25-7-2)22-17(13-15)26-14(3)23(22,4)5;2*1-4(2)3/h12-13H,6-11H2,1-5H3,(H,24,29)(H,25,30);;. The topological polar surface area (TPSA) is 207 Å². The molecule has 15 heteroatoms. The highest BCUT2D eigenvalue weighted by atomic mass is 32.2. The van der Waals surface area contributed by atoms with Gasteiger partial charge >= 0.3 is 21.2 Å². The fraction of sp³-hybridized carbons (Fsp3) is 0.522. The SMILES string of the molecule is CCNC(=O)CCC(=O)c1cc2c(c(C(=O)CCC(=O)NCC)c1)C(C)(C)C(C)=N2.O=S(=O)=O.O=S(=O)=O. The van der Waals surface area contributed by atoms with Crippen LogP contribution in [-0.4, -0.2) is 67.4 Å². The number of amides is 2. The summed E-state index contributed by atoms with van der Waals surface area (Å²) >= 11 is 0. The van der Waals surface area contributed by atoms with E-state index in [1.807, 2.05) is 34.6 Å². The zero-order chi connectivity index (χ0) is 29.6. The molecule has 0 radical (unpaired) electrons. The second-order valence-electron chi connectivity index (χ2n) is 8.40. The summed E-state index contributed by atoms with van der Waals surface area (Å²) in [7, 11) is -6.22. The van der Waals surface area contributed by atoms with Crippen molar-refractivity contribution in [2.75, 3.05) is 13.1 Å². The molecule has 1 aliphatic rings. The van der Waals surface area contributed by atoms with Gasteiger partial charge in [-0.3, -0.25) is 24.2 Å². The van der Waals surface area contributed by atoms with E-state index in [1.165, 1.54) is 0 Å². The van der Waals surface area contributed by atoms with E-state index in [0.717, 1.165) is 11.3 Å². The number of ketones is 2. The Labute approximate surface area is 223 Å². The van der Waals surface area contributed by atoms with Crippen molar-refractivity contribution in [1.82, 2.24) is 10.6 Å².